The summed E-state index contributed by atoms with van der Waals surface area (Å²) in [6, 6.07) is 3.34. The summed E-state index contributed by atoms with van der Waals surface area (Å²) < 4.78 is 0.665. The number of hydrogen-bond donors (Lipinski definition) is 3. The molecule has 5 N–H and O–H groups in total. The molecule has 0 radical (unpaired) electrons. The van der Waals surface area contributed by atoms with Crippen molar-refractivity contribution in [3.63, 3.8) is 0 Å². The van der Waals surface area contributed by atoms with Crippen LogP contribution in [0.3, 0.4) is 0 Å². The van der Waals surface area contributed by atoms with Crippen molar-refractivity contribution >= 4 is 50.7 Å². The van der Waals surface area contributed by atoms with Crippen LogP contribution in [0.2, 0.25) is 5.28 Å². The summed E-state index contributed by atoms with van der Waals surface area (Å²) in [5.74, 6) is 1.14. The Bertz CT molecular complexity index is 561. The minimum absolute atomic E-state index is 0.137. The molecule has 0 atom stereocenters. The van der Waals surface area contributed by atoms with Gasteiger partial charge in [-0.2, -0.15) is 4.98 Å². The fraction of sp³-hybridized carbons (Fsp3) is 0. The first kappa shape index (κ1) is 11.9. The zero-order valence-electron chi connectivity index (χ0n) is 8.48. The van der Waals surface area contributed by atoms with E-state index >= 15 is 0 Å². The summed E-state index contributed by atoms with van der Waals surface area (Å²) >= 11 is 8.99. The van der Waals surface area contributed by atoms with E-state index in [2.05, 4.69) is 36.2 Å². The number of nitrogens with zero attached hydrogens (tertiary/aromatic N) is 3. The molecule has 6 nitrogen and oxygen atoms in total. The van der Waals surface area contributed by atoms with Gasteiger partial charge in [0.25, 0.3) is 0 Å². The van der Waals surface area contributed by atoms with Gasteiger partial charge in [0, 0.05) is 6.20 Å². The van der Waals surface area contributed by atoms with Crippen molar-refractivity contribution in [1.82, 2.24) is 15.0 Å². The number of anilines is 4. The molecule has 17 heavy (non-hydrogen) atoms. The van der Waals surface area contributed by atoms with Crippen molar-refractivity contribution in [2.75, 3.05) is 16.8 Å². The average Bonchev–Trinajstić information content (AvgIpc) is 2.27. The fourth-order valence-corrected chi connectivity index (χ4v) is 1.58. The molecule has 8 heteroatoms. The molecule has 0 aliphatic carbocycles. The van der Waals surface area contributed by atoms with Gasteiger partial charge in [-0.15, -0.1) is 0 Å². The van der Waals surface area contributed by atoms with E-state index in [-0.39, 0.29) is 11.1 Å². The maximum absolute atomic E-state index is 5.71. The second-order valence-electron chi connectivity index (χ2n) is 3.13. The highest BCUT2D eigenvalue weighted by molar-refractivity contribution is 9.10. The Balaban J connectivity index is 2.34. The first-order valence-corrected chi connectivity index (χ1v) is 5.70. The molecule has 0 aliphatic heterocycles. The van der Waals surface area contributed by atoms with E-state index in [1.165, 1.54) is 0 Å². The summed E-state index contributed by atoms with van der Waals surface area (Å²) in [5.41, 5.74) is 11.8. The molecule has 0 saturated carbocycles. The van der Waals surface area contributed by atoms with Crippen LogP contribution in [0, 0.1) is 0 Å². The van der Waals surface area contributed by atoms with Crippen LogP contribution in [0.1, 0.15) is 0 Å². The lowest BCUT2D eigenvalue weighted by atomic mass is 10.3. The van der Waals surface area contributed by atoms with E-state index in [9.17, 15) is 0 Å². The van der Waals surface area contributed by atoms with Crippen molar-refractivity contribution in [3.8, 4) is 0 Å². The standard InChI is InChI=1S/C9H8BrClN6/c10-4-3-14-9(11)17-8(4)15-5-1-2-6(12)16-7(5)13/h1-3H,(H4,12,13,16)(H,14,15,17). The van der Waals surface area contributed by atoms with Gasteiger partial charge in [0.2, 0.25) is 5.28 Å². The molecule has 0 aliphatic rings. The van der Waals surface area contributed by atoms with Crippen molar-refractivity contribution in [3.05, 3.63) is 28.1 Å². The molecular weight excluding hydrogens is 307 g/mol. The van der Waals surface area contributed by atoms with Gasteiger partial charge < -0.3 is 16.8 Å². The molecular formula is C9H8BrClN6. The number of halogens is 2. The summed E-state index contributed by atoms with van der Waals surface area (Å²) in [6.45, 7) is 0. The van der Waals surface area contributed by atoms with Crippen LogP contribution in [-0.2, 0) is 0 Å². The smallest absolute Gasteiger partial charge is 0.224 e. The van der Waals surface area contributed by atoms with Crippen molar-refractivity contribution in [1.29, 1.82) is 0 Å². The van der Waals surface area contributed by atoms with E-state index in [0.29, 0.717) is 21.8 Å². The second kappa shape index (κ2) is 4.72. The first-order chi connectivity index (χ1) is 8.06. The minimum Gasteiger partial charge on any atom is -0.384 e. The molecule has 0 bridgehead atoms. The molecule has 0 aromatic carbocycles. The molecule has 2 aromatic heterocycles. The van der Waals surface area contributed by atoms with Gasteiger partial charge in [0.05, 0.1) is 10.2 Å². The first-order valence-electron chi connectivity index (χ1n) is 4.53. The Morgan fingerprint density at radius 3 is 2.71 bits per heavy atom. The number of hydrogen-bond acceptors (Lipinski definition) is 6. The lowest BCUT2D eigenvalue weighted by molar-refractivity contribution is 1.15. The highest BCUT2D eigenvalue weighted by Gasteiger charge is 2.07. The number of nitrogen functional groups attached to an aromatic ring is 2. The summed E-state index contributed by atoms with van der Waals surface area (Å²) in [6.07, 6.45) is 1.54. The van der Waals surface area contributed by atoms with Gasteiger partial charge in [-0.25, -0.2) is 9.97 Å². The van der Waals surface area contributed by atoms with Gasteiger partial charge in [-0.05, 0) is 39.7 Å². The Hall–Kier alpha value is -1.60. The summed E-state index contributed by atoms with van der Waals surface area (Å²) in [5, 5.41) is 3.12. The molecule has 0 amide bonds. The van der Waals surface area contributed by atoms with E-state index < -0.39 is 0 Å². The molecule has 0 fully saturated rings. The molecule has 0 saturated heterocycles. The number of rotatable bonds is 2. The average molecular weight is 316 g/mol. The predicted octanol–water partition coefficient (Wildman–Crippen LogP) is 2.20. The number of aromatic nitrogens is 3. The highest BCUT2D eigenvalue weighted by atomic mass is 79.9. The van der Waals surface area contributed by atoms with Gasteiger partial charge in [0.1, 0.15) is 17.5 Å². The number of nitrogens with one attached hydrogen (secondary N) is 1. The van der Waals surface area contributed by atoms with Gasteiger partial charge in [-0.3, -0.25) is 0 Å². The zero-order chi connectivity index (χ0) is 12.4. The third kappa shape index (κ3) is 2.75. The van der Waals surface area contributed by atoms with Crippen molar-refractivity contribution in [2.45, 2.75) is 0 Å². The van der Waals surface area contributed by atoms with Crippen LogP contribution in [-0.4, -0.2) is 15.0 Å². The van der Waals surface area contributed by atoms with E-state index in [1.54, 1.807) is 18.3 Å². The highest BCUT2D eigenvalue weighted by Crippen LogP contribution is 2.26. The SMILES string of the molecule is Nc1ccc(Nc2nc(Cl)ncc2Br)c(N)n1. The van der Waals surface area contributed by atoms with E-state index in [4.69, 9.17) is 23.1 Å². The van der Waals surface area contributed by atoms with Crippen LogP contribution in [0.4, 0.5) is 23.1 Å². The Morgan fingerprint density at radius 2 is 2.00 bits per heavy atom. The number of pyridine rings is 1. The van der Waals surface area contributed by atoms with Crippen LogP contribution >= 0.6 is 27.5 Å². The Kier molecular flexibility index (Phi) is 3.30. The number of nitrogens with two attached hydrogens (primary N) is 2. The normalized spacial score (nSPS) is 10.2. The predicted molar refractivity (Wildman–Crippen MR) is 71.1 cm³/mol. The molecule has 0 spiro atoms. The van der Waals surface area contributed by atoms with Crippen molar-refractivity contribution in [2.24, 2.45) is 0 Å². The monoisotopic (exact) mass is 314 g/mol. The lowest BCUT2D eigenvalue weighted by Gasteiger charge is -2.09. The maximum Gasteiger partial charge on any atom is 0.224 e. The molecule has 2 rings (SSSR count). The minimum atomic E-state index is 0.137. The van der Waals surface area contributed by atoms with Crippen LogP contribution in [0.5, 0.6) is 0 Å². The van der Waals surface area contributed by atoms with E-state index in [1.807, 2.05) is 0 Å². The van der Waals surface area contributed by atoms with Gasteiger partial charge >= 0.3 is 0 Å². The van der Waals surface area contributed by atoms with E-state index in [0.717, 1.165) is 0 Å². The van der Waals surface area contributed by atoms with Gasteiger partial charge in [0.15, 0.2) is 0 Å². The summed E-state index contributed by atoms with van der Waals surface area (Å²) in [4.78, 5) is 11.8. The summed E-state index contributed by atoms with van der Waals surface area (Å²) in [7, 11) is 0. The molecule has 2 heterocycles. The van der Waals surface area contributed by atoms with Crippen molar-refractivity contribution < 1.29 is 0 Å². The fourth-order valence-electron chi connectivity index (χ4n) is 1.16. The second-order valence-corrected chi connectivity index (χ2v) is 4.32. The van der Waals surface area contributed by atoms with Crippen LogP contribution in [0.15, 0.2) is 22.8 Å². The molecule has 88 valence electrons. The Labute approximate surface area is 111 Å². The lowest BCUT2D eigenvalue weighted by Crippen LogP contribution is -2.03. The Morgan fingerprint density at radius 1 is 1.24 bits per heavy atom. The van der Waals surface area contributed by atoms with Gasteiger partial charge in [-0.1, -0.05) is 0 Å². The largest absolute Gasteiger partial charge is 0.384 e. The third-order valence-corrected chi connectivity index (χ3v) is 2.68. The molecule has 2 aromatic rings. The maximum atomic E-state index is 5.71. The van der Waals surface area contributed by atoms with Crippen LogP contribution < -0.4 is 16.8 Å². The quantitative estimate of drug-likeness (QED) is 0.734. The topological polar surface area (TPSA) is 103 Å². The van der Waals surface area contributed by atoms with Crippen LogP contribution in [0.25, 0.3) is 0 Å². The molecule has 0 unspecified atom stereocenters. The zero-order valence-corrected chi connectivity index (χ0v) is 10.8. The third-order valence-electron chi connectivity index (χ3n) is 1.91.